The minimum atomic E-state index is -0.152. The molecule has 0 saturated heterocycles. The van der Waals surface area contributed by atoms with Crippen LogP contribution in [0.3, 0.4) is 0 Å². The fourth-order valence-electron chi connectivity index (χ4n) is 3.03. The molecule has 1 aromatic heterocycles. The molecule has 150 valence electrons. The van der Waals surface area contributed by atoms with Crippen LogP contribution < -0.4 is 10.6 Å². The van der Waals surface area contributed by atoms with E-state index in [-0.39, 0.29) is 18.0 Å². The summed E-state index contributed by atoms with van der Waals surface area (Å²) in [4.78, 5) is 26.4. The number of hydrogen-bond donors (Lipinski definition) is 2. The normalized spacial score (nSPS) is 13.2. The lowest BCUT2D eigenvalue weighted by Gasteiger charge is -2.19. The van der Waals surface area contributed by atoms with Crippen LogP contribution in [0.25, 0.3) is 5.69 Å². The van der Waals surface area contributed by atoms with Crippen molar-refractivity contribution in [3.8, 4) is 5.69 Å². The van der Waals surface area contributed by atoms with Gasteiger partial charge in [0.15, 0.2) is 5.69 Å². The summed E-state index contributed by atoms with van der Waals surface area (Å²) in [5, 5.41) is 14.2. The van der Waals surface area contributed by atoms with Gasteiger partial charge in [0.2, 0.25) is 0 Å². The highest BCUT2D eigenvalue weighted by Gasteiger charge is 2.27. The van der Waals surface area contributed by atoms with E-state index in [0.29, 0.717) is 30.9 Å². The van der Waals surface area contributed by atoms with Crippen LogP contribution in [0.2, 0.25) is 0 Å². The van der Waals surface area contributed by atoms with Gasteiger partial charge in [0.25, 0.3) is 5.91 Å². The van der Waals surface area contributed by atoms with Crippen LogP contribution in [0.15, 0.2) is 24.3 Å². The summed E-state index contributed by atoms with van der Waals surface area (Å²) in [6.07, 6.45) is 3.66. The number of carbonyl (C=O) groups excluding carboxylic acids is 2. The van der Waals surface area contributed by atoms with Gasteiger partial charge in [-0.05, 0) is 57.4 Å². The maximum absolute atomic E-state index is 12.5. The fourth-order valence-corrected chi connectivity index (χ4v) is 3.03. The zero-order valence-corrected chi connectivity index (χ0v) is 16.7. The first-order chi connectivity index (χ1) is 13.6. The molecule has 0 aliphatic heterocycles. The van der Waals surface area contributed by atoms with Gasteiger partial charge in [-0.2, -0.15) is 0 Å². The van der Waals surface area contributed by atoms with Crippen molar-refractivity contribution in [2.75, 3.05) is 18.4 Å². The van der Waals surface area contributed by atoms with Crippen molar-refractivity contribution in [3.63, 3.8) is 0 Å². The molecule has 0 atom stereocenters. The zero-order valence-electron chi connectivity index (χ0n) is 16.7. The maximum Gasteiger partial charge on any atom is 0.321 e. The highest BCUT2D eigenvalue weighted by Crippen LogP contribution is 2.21. The summed E-state index contributed by atoms with van der Waals surface area (Å²) in [7, 11) is 0. The third kappa shape index (κ3) is 4.49. The van der Waals surface area contributed by atoms with Gasteiger partial charge in [0.05, 0.1) is 11.4 Å². The van der Waals surface area contributed by atoms with Crippen LogP contribution in [0, 0.1) is 0 Å². The number of hydrogen-bond acceptors (Lipinski definition) is 4. The average Bonchev–Trinajstić information content (AvgIpc) is 3.40. The predicted octanol–water partition coefficient (Wildman–Crippen LogP) is 2.99. The Morgan fingerprint density at radius 3 is 2.39 bits per heavy atom. The molecule has 8 nitrogen and oxygen atoms in total. The molecule has 0 spiro atoms. The van der Waals surface area contributed by atoms with Crippen molar-refractivity contribution in [2.45, 2.75) is 52.5 Å². The van der Waals surface area contributed by atoms with Gasteiger partial charge in [-0.1, -0.05) is 18.6 Å². The Bertz CT molecular complexity index is 822. The first kappa shape index (κ1) is 19.9. The molecule has 0 bridgehead atoms. The smallest absolute Gasteiger partial charge is 0.321 e. The molecule has 1 saturated carbocycles. The van der Waals surface area contributed by atoms with E-state index in [9.17, 15) is 9.59 Å². The topological polar surface area (TPSA) is 92.1 Å². The average molecular weight is 384 g/mol. The largest absolute Gasteiger partial charge is 0.348 e. The fraction of sp³-hybridized carbons (Fsp3) is 0.500. The molecule has 2 aromatic rings. The number of nitrogens with zero attached hydrogens (tertiary/aromatic N) is 4. The second-order valence-corrected chi connectivity index (χ2v) is 6.94. The molecule has 1 fully saturated rings. The number of benzene rings is 1. The molecule has 3 rings (SSSR count). The maximum atomic E-state index is 12.5. The molecule has 1 aliphatic rings. The van der Waals surface area contributed by atoms with E-state index in [2.05, 4.69) is 27.9 Å². The molecule has 0 unspecified atom stereocenters. The van der Waals surface area contributed by atoms with Gasteiger partial charge >= 0.3 is 6.03 Å². The van der Waals surface area contributed by atoms with Crippen molar-refractivity contribution < 1.29 is 9.59 Å². The number of rotatable bonds is 8. The SMILES string of the molecule is CCCc1c(C(=O)NC2CC2)nnn1-c1ccc(NC(=O)N(CC)CC)cc1. The highest BCUT2D eigenvalue weighted by molar-refractivity contribution is 5.93. The van der Waals surface area contributed by atoms with Crippen LogP contribution in [0.1, 0.15) is 56.2 Å². The van der Waals surface area contributed by atoms with Crippen LogP contribution in [-0.4, -0.2) is 51.0 Å². The second-order valence-electron chi connectivity index (χ2n) is 6.94. The second kappa shape index (κ2) is 8.86. The van der Waals surface area contributed by atoms with Crippen LogP contribution in [0.4, 0.5) is 10.5 Å². The minimum Gasteiger partial charge on any atom is -0.348 e. The lowest BCUT2D eigenvalue weighted by Crippen LogP contribution is -2.34. The van der Waals surface area contributed by atoms with E-state index < -0.39 is 0 Å². The summed E-state index contributed by atoms with van der Waals surface area (Å²) in [5.74, 6) is -0.152. The number of anilines is 1. The van der Waals surface area contributed by atoms with Gasteiger partial charge in [-0.25, -0.2) is 9.48 Å². The van der Waals surface area contributed by atoms with Crippen molar-refractivity contribution in [1.82, 2.24) is 25.2 Å². The molecule has 28 heavy (non-hydrogen) atoms. The first-order valence-corrected chi connectivity index (χ1v) is 9.99. The Labute approximate surface area is 165 Å². The van der Waals surface area contributed by atoms with E-state index in [0.717, 1.165) is 30.6 Å². The third-order valence-corrected chi connectivity index (χ3v) is 4.79. The van der Waals surface area contributed by atoms with E-state index in [1.165, 1.54) is 0 Å². The quantitative estimate of drug-likeness (QED) is 0.732. The zero-order chi connectivity index (χ0) is 20.1. The van der Waals surface area contributed by atoms with Crippen molar-refractivity contribution in [1.29, 1.82) is 0 Å². The Morgan fingerprint density at radius 2 is 1.82 bits per heavy atom. The summed E-state index contributed by atoms with van der Waals surface area (Å²) in [6.45, 7) is 7.27. The number of aromatic nitrogens is 3. The number of urea groups is 1. The standard InChI is InChI=1S/C20H28N6O2/c1-4-7-17-18(19(27)21-14-8-9-14)23-24-26(17)16-12-10-15(11-13-16)22-20(28)25(5-2)6-3/h10-14H,4-9H2,1-3H3,(H,21,27)(H,22,28). The molecule has 0 radical (unpaired) electrons. The summed E-state index contributed by atoms with van der Waals surface area (Å²) in [5.41, 5.74) is 2.72. The Balaban J connectivity index is 1.78. The molecular formula is C20H28N6O2. The third-order valence-electron chi connectivity index (χ3n) is 4.79. The Kier molecular flexibility index (Phi) is 6.28. The summed E-state index contributed by atoms with van der Waals surface area (Å²) >= 11 is 0. The molecule has 3 amide bonds. The number of carbonyl (C=O) groups is 2. The van der Waals surface area contributed by atoms with Gasteiger partial charge in [-0.15, -0.1) is 5.10 Å². The molecular weight excluding hydrogens is 356 g/mol. The molecule has 2 N–H and O–H groups in total. The van der Waals surface area contributed by atoms with E-state index >= 15 is 0 Å². The van der Waals surface area contributed by atoms with Crippen LogP contribution >= 0.6 is 0 Å². The Morgan fingerprint density at radius 1 is 1.14 bits per heavy atom. The van der Waals surface area contributed by atoms with E-state index in [4.69, 9.17) is 0 Å². The lowest BCUT2D eigenvalue weighted by molar-refractivity contribution is 0.0945. The number of amides is 3. The molecule has 1 aliphatic carbocycles. The van der Waals surface area contributed by atoms with Gasteiger partial charge < -0.3 is 15.5 Å². The van der Waals surface area contributed by atoms with Gasteiger partial charge in [-0.3, -0.25) is 4.79 Å². The molecule has 1 heterocycles. The number of nitrogens with one attached hydrogen (secondary N) is 2. The summed E-state index contributed by atoms with van der Waals surface area (Å²) < 4.78 is 1.71. The Hall–Kier alpha value is -2.90. The molecule has 8 heteroatoms. The van der Waals surface area contributed by atoms with Crippen molar-refractivity contribution in [2.24, 2.45) is 0 Å². The first-order valence-electron chi connectivity index (χ1n) is 9.99. The highest BCUT2D eigenvalue weighted by atomic mass is 16.2. The van der Waals surface area contributed by atoms with Crippen molar-refractivity contribution in [3.05, 3.63) is 35.7 Å². The monoisotopic (exact) mass is 384 g/mol. The minimum absolute atomic E-state index is 0.121. The summed E-state index contributed by atoms with van der Waals surface area (Å²) in [6, 6.07) is 7.56. The van der Waals surface area contributed by atoms with Crippen molar-refractivity contribution >= 4 is 17.6 Å². The van der Waals surface area contributed by atoms with Crippen LogP contribution in [0.5, 0.6) is 0 Å². The predicted molar refractivity (Wildman–Crippen MR) is 108 cm³/mol. The van der Waals surface area contributed by atoms with Gasteiger partial charge in [0.1, 0.15) is 0 Å². The van der Waals surface area contributed by atoms with E-state index in [1.54, 1.807) is 9.58 Å². The molecule has 1 aromatic carbocycles. The lowest BCUT2D eigenvalue weighted by atomic mass is 10.2. The van der Waals surface area contributed by atoms with Gasteiger partial charge in [0, 0.05) is 24.8 Å². The van der Waals surface area contributed by atoms with Crippen LogP contribution in [-0.2, 0) is 6.42 Å². The van der Waals surface area contributed by atoms with E-state index in [1.807, 2.05) is 38.1 Å².